The molecule has 0 saturated heterocycles. The van der Waals surface area contributed by atoms with Crippen LogP contribution in [0, 0.1) is 11.3 Å². The average Bonchev–Trinajstić information content (AvgIpc) is 3.71. The minimum Gasteiger partial charge on any atom is -0.309 e. The molecule has 2 heterocycles. The molecule has 2 aromatic heterocycles. The summed E-state index contributed by atoms with van der Waals surface area (Å²) in [5.41, 5.74) is 13.4. The van der Waals surface area contributed by atoms with E-state index in [0.717, 1.165) is 99.1 Å². The predicted molar refractivity (Wildman–Crippen MR) is 267 cm³/mol. The van der Waals surface area contributed by atoms with Crippen molar-refractivity contribution in [1.29, 1.82) is 5.26 Å². The van der Waals surface area contributed by atoms with Gasteiger partial charge >= 0.3 is 0 Å². The fourth-order valence-electron chi connectivity index (χ4n) is 9.41. The summed E-state index contributed by atoms with van der Waals surface area (Å²) in [5, 5.41) is 16.4. The first-order valence-corrected chi connectivity index (χ1v) is 21.7. The first-order valence-electron chi connectivity index (χ1n) is 21.7. The van der Waals surface area contributed by atoms with Gasteiger partial charge in [-0.1, -0.05) is 182 Å². The summed E-state index contributed by atoms with van der Waals surface area (Å²) in [7, 11) is 0. The van der Waals surface area contributed by atoms with Crippen molar-refractivity contribution >= 4 is 43.4 Å². The monoisotopic (exact) mass is 827 g/mol. The van der Waals surface area contributed by atoms with Crippen LogP contribution in [0.4, 0.5) is 0 Å². The number of nitrogens with zero attached hydrogens (tertiary/aromatic N) is 5. The molecule has 0 bridgehead atoms. The molecule has 10 aromatic carbocycles. The van der Waals surface area contributed by atoms with Crippen LogP contribution in [0.15, 0.2) is 224 Å². The third-order valence-electron chi connectivity index (χ3n) is 12.5. The van der Waals surface area contributed by atoms with Crippen LogP contribution in [-0.2, 0) is 0 Å². The lowest BCUT2D eigenvalue weighted by molar-refractivity contribution is 1.08. The van der Waals surface area contributed by atoms with Crippen molar-refractivity contribution in [3.8, 4) is 79.3 Å². The van der Waals surface area contributed by atoms with Crippen molar-refractivity contribution in [3.05, 3.63) is 230 Å². The number of rotatable bonds is 7. The highest BCUT2D eigenvalue weighted by molar-refractivity contribution is 6.22. The second kappa shape index (κ2) is 15.7. The summed E-state index contributed by atoms with van der Waals surface area (Å²) in [6.07, 6.45) is 0. The highest BCUT2D eigenvalue weighted by Gasteiger charge is 2.22. The summed E-state index contributed by atoms with van der Waals surface area (Å²) >= 11 is 0. The summed E-state index contributed by atoms with van der Waals surface area (Å²) in [4.78, 5) is 15.9. The van der Waals surface area contributed by atoms with E-state index in [2.05, 4.69) is 205 Å². The van der Waals surface area contributed by atoms with E-state index in [9.17, 15) is 5.26 Å². The van der Waals surface area contributed by atoms with Gasteiger partial charge in [-0.15, -0.1) is 0 Å². The third kappa shape index (κ3) is 6.61. The van der Waals surface area contributed by atoms with Crippen molar-refractivity contribution in [1.82, 2.24) is 19.5 Å². The zero-order valence-corrected chi connectivity index (χ0v) is 35.1. The van der Waals surface area contributed by atoms with E-state index in [1.165, 1.54) is 0 Å². The van der Waals surface area contributed by atoms with Gasteiger partial charge in [0.25, 0.3) is 0 Å². The van der Waals surface area contributed by atoms with E-state index in [4.69, 9.17) is 15.0 Å². The summed E-state index contributed by atoms with van der Waals surface area (Å²) in [6.45, 7) is 0. The van der Waals surface area contributed by atoms with Gasteiger partial charge in [0.2, 0.25) is 0 Å². The van der Waals surface area contributed by atoms with Gasteiger partial charge in [0.05, 0.1) is 22.7 Å². The Balaban J connectivity index is 1.08. The molecule has 0 radical (unpaired) electrons. The van der Waals surface area contributed by atoms with Gasteiger partial charge in [-0.25, -0.2) is 15.0 Å². The van der Waals surface area contributed by atoms with Crippen LogP contribution in [0.3, 0.4) is 0 Å². The highest BCUT2D eigenvalue weighted by Crippen LogP contribution is 2.45. The Bertz CT molecular complexity index is 3640. The standard InChI is InChI=1S/C60H37N5/c61-38-39-24-34-54-52(36-39)53-37-46(33-35-55(53)65(54)47-18-8-3-9-19-47)56-48-20-10-12-22-50(48)57(51-23-13-11-21-49(51)56)60-63-58(44-29-25-42(26-30-44)40-14-4-1-5-15-40)62-59(64-60)45-31-27-43(28-32-45)41-16-6-2-7-17-41/h1-37H. The van der Waals surface area contributed by atoms with Gasteiger partial charge in [0.1, 0.15) is 0 Å². The highest BCUT2D eigenvalue weighted by atomic mass is 15.0. The Morgan fingerprint density at radius 3 is 1.20 bits per heavy atom. The van der Waals surface area contributed by atoms with Crippen molar-refractivity contribution in [2.75, 3.05) is 0 Å². The lowest BCUT2D eigenvalue weighted by Gasteiger charge is -2.18. The maximum Gasteiger partial charge on any atom is 0.165 e. The molecule has 0 spiro atoms. The number of para-hydroxylation sites is 1. The van der Waals surface area contributed by atoms with E-state index in [1.54, 1.807) is 0 Å². The summed E-state index contributed by atoms with van der Waals surface area (Å²) in [5.74, 6) is 1.81. The van der Waals surface area contributed by atoms with Crippen LogP contribution in [0.5, 0.6) is 0 Å². The largest absolute Gasteiger partial charge is 0.309 e. The molecule has 0 saturated carbocycles. The number of fused-ring (bicyclic) bond motifs is 5. The molecule has 0 aliphatic rings. The minimum atomic E-state index is 0.603. The molecule has 0 aliphatic carbocycles. The van der Waals surface area contributed by atoms with Crippen molar-refractivity contribution in [2.45, 2.75) is 0 Å². The van der Waals surface area contributed by atoms with Gasteiger partial charge in [0, 0.05) is 33.2 Å². The molecule has 12 rings (SSSR count). The summed E-state index contributed by atoms with van der Waals surface area (Å²) < 4.78 is 2.29. The first-order chi connectivity index (χ1) is 32.2. The number of hydrogen-bond acceptors (Lipinski definition) is 4. The lowest BCUT2D eigenvalue weighted by atomic mass is 9.87. The average molecular weight is 828 g/mol. The molecule has 302 valence electrons. The van der Waals surface area contributed by atoms with Crippen LogP contribution < -0.4 is 0 Å². The molecule has 5 heteroatoms. The molecule has 0 N–H and O–H groups in total. The van der Waals surface area contributed by atoms with Crippen molar-refractivity contribution in [3.63, 3.8) is 0 Å². The Morgan fingerprint density at radius 2 is 0.692 bits per heavy atom. The van der Waals surface area contributed by atoms with Gasteiger partial charge < -0.3 is 4.57 Å². The van der Waals surface area contributed by atoms with E-state index >= 15 is 0 Å². The van der Waals surface area contributed by atoms with E-state index in [0.29, 0.717) is 23.0 Å². The number of aromatic nitrogens is 4. The van der Waals surface area contributed by atoms with Gasteiger partial charge in [-0.3, -0.25) is 0 Å². The molecule has 0 unspecified atom stereocenters. The van der Waals surface area contributed by atoms with E-state index < -0.39 is 0 Å². The smallest absolute Gasteiger partial charge is 0.165 e. The fourth-order valence-corrected chi connectivity index (χ4v) is 9.41. The molecule has 0 aliphatic heterocycles. The van der Waals surface area contributed by atoms with Gasteiger partial charge in [0.15, 0.2) is 17.5 Å². The Morgan fingerprint density at radius 1 is 0.308 bits per heavy atom. The molecule has 65 heavy (non-hydrogen) atoms. The van der Waals surface area contributed by atoms with Crippen LogP contribution in [0.25, 0.3) is 117 Å². The number of benzene rings is 10. The molecule has 0 atom stereocenters. The Labute approximate surface area is 375 Å². The van der Waals surface area contributed by atoms with Crippen molar-refractivity contribution in [2.24, 2.45) is 0 Å². The Kier molecular flexibility index (Phi) is 9.14. The first kappa shape index (κ1) is 37.8. The number of hydrogen-bond donors (Lipinski definition) is 0. The number of nitriles is 1. The molecule has 0 amide bonds. The zero-order valence-electron chi connectivity index (χ0n) is 35.1. The maximum absolute atomic E-state index is 9.98. The van der Waals surface area contributed by atoms with Crippen LogP contribution in [0.1, 0.15) is 5.56 Å². The Hall–Kier alpha value is -8.98. The quantitative estimate of drug-likeness (QED) is 0.150. The lowest BCUT2D eigenvalue weighted by Crippen LogP contribution is -2.01. The minimum absolute atomic E-state index is 0.603. The molecule has 0 fully saturated rings. The van der Waals surface area contributed by atoms with Crippen LogP contribution in [0.2, 0.25) is 0 Å². The maximum atomic E-state index is 9.98. The second-order valence-corrected chi connectivity index (χ2v) is 16.3. The van der Waals surface area contributed by atoms with E-state index in [1.807, 2.05) is 30.3 Å². The van der Waals surface area contributed by atoms with E-state index in [-0.39, 0.29) is 0 Å². The second-order valence-electron chi connectivity index (χ2n) is 16.3. The van der Waals surface area contributed by atoms with Crippen LogP contribution >= 0.6 is 0 Å². The van der Waals surface area contributed by atoms with Gasteiger partial charge in [-0.05, 0) is 97.4 Å². The predicted octanol–water partition coefficient (Wildman–Crippen LogP) is 15.1. The SMILES string of the molecule is N#Cc1ccc2c(c1)c1cc(-c3c4ccccc4c(-c4nc(-c5ccc(-c6ccccc6)cc5)nc(-c5ccc(-c6ccccc6)cc5)n4)c4ccccc34)ccc1n2-c1ccccc1. The molecule has 12 aromatic rings. The fraction of sp³-hybridized carbons (Fsp3) is 0. The molecular weight excluding hydrogens is 791 g/mol. The third-order valence-corrected chi connectivity index (χ3v) is 12.5. The van der Waals surface area contributed by atoms with Gasteiger partial charge in [-0.2, -0.15) is 5.26 Å². The van der Waals surface area contributed by atoms with Crippen LogP contribution in [-0.4, -0.2) is 19.5 Å². The topological polar surface area (TPSA) is 67.4 Å². The van der Waals surface area contributed by atoms with Crippen molar-refractivity contribution < 1.29 is 0 Å². The molecule has 5 nitrogen and oxygen atoms in total. The molecular formula is C60H37N5. The normalized spacial score (nSPS) is 11.4. The zero-order chi connectivity index (χ0) is 43.3. The summed E-state index contributed by atoms with van der Waals surface area (Å²) in [6, 6.07) is 80.5.